The minimum atomic E-state index is 0.749. The van der Waals surface area contributed by atoms with Crippen molar-refractivity contribution in [3.8, 4) is 0 Å². The van der Waals surface area contributed by atoms with Gasteiger partial charge in [-0.25, -0.2) is 9.97 Å². The first kappa shape index (κ1) is 10.8. The van der Waals surface area contributed by atoms with Crippen molar-refractivity contribution in [3.63, 3.8) is 0 Å². The molecule has 0 aliphatic rings. The molecule has 5 nitrogen and oxygen atoms in total. The molecule has 0 aromatic carbocycles. The van der Waals surface area contributed by atoms with Crippen LogP contribution in [0.2, 0.25) is 0 Å². The van der Waals surface area contributed by atoms with Gasteiger partial charge in [-0.15, -0.1) is 0 Å². The smallest absolute Gasteiger partial charge is 0.140 e. The highest BCUT2D eigenvalue weighted by atomic mass is 79.9. The average Bonchev–Trinajstić information content (AvgIpc) is 2.67. The molecule has 2 N–H and O–H groups in total. The van der Waals surface area contributed by atoms with Gasteiger partial charge >= 0.3 is 0 Å². The molecule has 2 aromatic rings. The molecule has 0 saturated heterocycles. The van der Waals surface area contributed by atoms with Gasteiger partial charge in [0.2, 0.25) is 0 Å². The molecule has 0 spiro atoms. The molecule has 2 rings (SSSR count). The zero-order chi connectivity index (χ0) is 11.5. The van der Waals surface area contributed by atoms with E-state index >= 15 is 0 Å². The lowest BCUT2D eigenvalue weighted by atomic mass is 10.2. The first-order valence-electron chi connectivity index (χ1n) is 4.59. The summed E-state index contributed by atoms with van der Waals surface area (Å²) >= 11 is 3.37. The number of halogens is 1. The van der Waals surface area contributed by atoms with E-state index in [9.17, 15) is 0 Å². The van der Waals surface area contributed by atoms with Crippen LogP contribution in [-0.2, 0) is 0 Å². The fraction of sp³-hybridized carbons (Fsp3) is 0.100. The number of nitrogens with zero attached hydrogens (tertiary/aromatic N) is 4. The zero-order valence-electron chi connectivity index (χ0n) is 8.63. The van der Waals surface area contributed by atoms with E-state index in [-0.39, 0.29) is 0 Å². The Bertz CT molecular complexity index is 570. The largest absolute Gasteiger partial charge is 0.404 e. The third kappa shape index (κ3) is 1.83. The highest BCUT2D eigenvalue weighted by molar-refractivity contribution is 9.10. The molecule has 0 atom stereocenters. The van der Waals surface area contributed by atoms with E-state index < -0.39 is 0 Å². The molecule has 0 saturated carbocycles. The Morgan fingerprint density at radius 2 is 2.38 bits per heavy atom. The van der Waals surface area contributed by atoms with Crippen LogP contribution < -0.4 is 5.73 Å². The molecule has 2 heterocycles. The summed E-state index contributed by atoms with van der Waals surface area (Å²) in [4.78, 5) is 12.4. The van der Waals surface area contributed by atoms with E-state index in [1.807, 2.05) is 10.5 Å². The molecule has 0 aliphatic heterocycles. The molecule has 0 bridgehead atoms. The number of rotatable bonds is 2. The number of aromatic nitrogens is 3. The van der Waals surface area contributed by atoms with E-state index in [1.165, 1.54) is 6.20 Å². The monoisotopic (exact) mass is 279 g/mol. The Hall–Kier alpha value is -1.69. The summed E-state index contributed by atoms with van der Waals surface area (Å²) in [5, 5.41) is 0. The van der Waals surface area contributed by atoms with Crippen molar-refractivity contribution < 1.29 is 0 Å². The highest BCUT2D eigenvalue weighted by Crippen LogP contribution is 2.15. The SMILES string of the molecule is CN=CC(=CN)c1cc2ncc(Br)n2cn1. The molecule has 2 aromatic heterocycles. The van der Waals surface area contributed by atoms with Crippen LogP contribution in [0.4, 0.5) is 0 Å². The Balaban J connectivity index is 2.54. The third-order valence-electron chi connectivity index (χ3n) is 2.10. The molecular weight excluding hydrogens is 270 g/mol. The molecule has 6 heteroatoms. The van der Waals surface area contributed by atoms with Crippen LogP contribution in [0.5, 0.6) is 0 Å². The van der Waals surface area contributed by atoms with Gasteiger partial charge in [0.25, 0.3) is 0 Å². The third-order valence-corrected chi connectivity index (χ3v) is 2.69. The van der Waals surface area contributed by atoms with E-state index in [0.29, 0.717) is 0 Å². The topological polar surface area (TPSA) is 68.6 Å². The molecule has 0 radical (unpaired) electrons. The van der Waals surface area contributed by atoms with Crippen LogP contribution in [-0.4, -0.2) is 27.6 Å². The molecule has 0 unspecified atom stereocenters. The van der Waals surface area contributed by atoms with Crippen LogP contribution in [0.3, 0.4) is 0 Å². The maximum atomic E-state index is 5.51. The number of hydrogen-bond donors (Lipinski definition) is 1. The number of imidazole rings is 1. The lowest BCUT2D eigenvalue weighted by molar-refractivity contribution is 1.05. The second-order valence-corrected chi connectivity index (χ2v) is 3.91. The number of allylic oxidation sites excluding steroid dienone is 1. The van der Waals surface area contributed by atoms with Crippen molar-refractivity contribution >= 4 is 33.4 Å². The summed E-state index contributed by atoms with van der Waals surface area (Å²) in [6.07, 6.45) is 6.55. The van der Waals surface area contributed by atoms with Gasteiger partial charge in [0.05, 0.1) is 11.9 Å². The van der Waals surface area contributed by atoms with E-state index in [2.05, 4.69) is 30.9 Å². The van der Waals surface area contributed by atoms with Gasteiger partial charge in [0.1, 0.15) is 16.6 Å². The van der Waals surface area contributed by atoms with E-state index in [4.69, 9.17) is 5.73 Å². The van der Waals surface area contributed by atoms with Crippen molar-refractivity contribution in [2.45, 2.75) is 0 Å². The first-order chi connectivity index (χ1) is 7.76. The molecular formula is C10H10BrN5. The number of nitrogens with two attached hydrogens (primary N) is 1. The molecule has 0 fully saturated rings. The van der Waals surface area contributed by atoms with Crippen LogP contribution in [0.15, 0.2) is 34.4 Å². The second-order valence-electron chi connectivity index (χ2n) is 3.09. The summed E-state index contributed by atoms with van der Waals surface area (Å²) < 4.78 is 2.70. The van der Waals surface area contributed by atoms with Crippen LogP contribution in [0, 0.1) is 0 Å². The molecule has 82 valence electrons. The number of hydrogen-bond acceptors (Lipinski definition) is 4. The summed E-state index contributed by atoms with van der Waals surface area (Å²) in [6, 6.07) is 1.85. The van der Waals surface area contributed by atoms with E-state index in [1.54, 1.807) is 25.8 Å². The predicted octanol–water partition coefficient (Wildman–Crippen LogP) is 1.49. The summed E-state index contributed by atoms with van der Waals surface area (Å²) in [7, 11) is 1.69. The van der Waals surface area contributed by atoms with Gasteiger partial charge in [0.15, 0.2) is 0 Å². The summed E-state index contributed by atoms with van der Waals surface area (Å²) in [5.41, 5.74) is 7.83. The fourth-order valence-corrected chi connectivity index (χ4v) is 1.72. The maximum Gasteiger partial charge on any atom is 0.140 e. The van der Waals surface area contributed by atoms with Crippen molar-refractivity contribution in [2.75, 3.05) is 7.05 Å². The summed E-state index contributed by atoms with van der Waals surface area (Å²) in [5.74, 6) is 0. The van der Waals surface area contributed by atoms with Crippen LogP contribution in [0.1, 0.15) is 5.69 Å². The molecule has 0 amide bonds. The quantitative estimate of drug-likeness (QED) is 0.847. The van der Waals surface area contributed by atoms with Gasteiger partial charge in [-0.3, -0.25) is 9.39 Å². The fourth-order valence-electron chi connectivity index (χ4n) is 1.35. The number of fused-ring (bicyclic) bond motifs is 1. The Morgan fingerprint density at radius 1 is 1.56 bits per heavy atom. The summed E-state index contributed by atoms with van der Waals surface area (Å²) in [6.45, 7) is 0. The van der Waals surface area contributed by atoms with Crippen LogP contribution >= 0.6 is 15.9 Å². The van der Waals surface area contributed by atoms with Crippen molar-refractivity contribution in [1.82, 2.24) is 14.4 Å². The van der Waals surface area contributed by atoms with Gasteiger partial charge in [0, 0.05) is 31.1 Å². The maximum absolute atomic E-state index is 5.51. The standard InChI is InChI=1S/C10H10BrN5/c1-13-4-7(3-12)8-2-10-14-5-9(11)16(10)6-15-8/h2-6H,12H2,1H3. The molecule has 16 heavy (non-hydrogen) atoms. The normalized spacial score (nSPS) is 12.8. The zero-order valence-corrected chi connectivity index (χ0v) is 10.2. The Labute approximate surface area is 101 Å². The van der Waals surface area contributed by atoms with Gasteiger partial charge in [-0.1, -0.05) is 0 Å². The van der Waals surface area contributed by atoms with Gasteiger partial charge < -0.3 is 5.73 Å². The van der Waals surface area contributed by atoms with Crippen LogP contribution in [0.25, 0.3) is 11.2 Å². The number of aliphatic imine (C=N–C) groups is 1. The Morgan fingerprint density at radius 3 is 3.06 bits per heavy atom. The molecule has 0 aliphatic carbocycles. The Kier molecular flexibility index (Phi) is 3.00. The minimum absolute atomic E-state index is 0.749. The highest BCUT2D eigenvalue weighted by Gasteiger charge is 2.04. The van der Waals surface area contributed by atoms with Crippen molar-refractivity contribution in [2.24, 2.45) is 10.7 Å². The van der Waals surface area contributed by atoms with E-state index in [0.717, 1.165) is 21.5 Å². The lowest BCUT2D eigenvalue weighted by Crippen LogP contribution is -1.97. The predicted molar refractivity (Wildman–Crippen MR) is 67.3 cm³/mol. The lowest BCUT2D eigenvalue weighted by Gasteiger charge is -2.01. The van der Waals surface area contributed by atoms with Crippen molar-refractivity contribution in [1.29, 1.82) is 0 Å². The minimum Gasteiger partial charge on any atom is -0.404 e. The van der Waals surface area contributed by atoms with Gasteiger partial charge in [-0.2, -0.15) is 0 Å². The second kappa shape index (κ2) is 4.44. The average molecular weight is 280 g/mol. The first-order valence-corrected chi connectivity index (χ1v) is 5.38. The van der Waals surface area contributed by atoms with Gasteiger partial charge in [-0.05, 0) is 15.9 Å². The van der Waals surface area contributed by atoms with Crippen molar-refractivity contribution in [3.05, 3.63) is 35.1 Å².